The molecule has 0 atom stereocenters. The van der Waals surface area contributed by atoms with Gasteiger partial charge in [0, 0.05) is 15.8 Å². The van der Waals surface area contributed by atoms with Crippen molar-refractivity contribution >= 4 is 22.9 Å². The standard InChI is InChI=1S/C14H10ClFO2S/c15-13-7-11(16)3-4-14(13)18-8-12-6-10(9-19-12)2-1-5-17/h3-4,6-7,9,17H,5,8H2. The molecule has 98 valence electrons. The normalized spacial score (nSPS) is 9.84. The number of ether oxygens (including phenoxy) is 1. The van der Waals surface area contributed by atoms with E-state index in [2.05, 4.69) is 11.8 Å². The summed E-state index contributed by atoms with van der Waals surface area (Å²) >= 11 is 7.36. The molecule has 0 aliphatic rings. The monoisotopic (exact) mass is 296 g/mol. The van der Waals surface area contributed by atoms with Gasteiger partial charge in [-0.25, -0.2) is 4.39 Å². The molecule has 0 aliphatic heterocycles. The van der Waals surface area contributed by atoms with Gasteiger partial charge in [-0.2, -0.15) is 0 Å². The molecular weight excluding hydrogens is 287 g/mol. The molecule has 0 saturated carbocycles. The van der Waals surface area contributed by atoms with Crippen molar-refractivity contribution in [3.8, 4) is 17.6 Å². The van der Waals surface area contributed by atoms with Gasteiger partial charge in [-0.05, 0) is 24.3 Å². The Hall–Kier alpha value is -1.54. The van der Waals surface area contributed by atoms with Crippen LogP contribution in [-0.4, -0.2) is 11.7 Å². The molecule has 0 bridgehead atoms. The molecule has 0 unspecified atom stereocenters. The predicted octanol–water partition coefficient (Wildman–Crippen LogP) is 3.46. The number of thiophene rings is 1. The molecule has 2 aromatic rings. The van der Waals surface area contributed by atoms with Crippen LogP contribution in [0.5, 0.6) is 5.75 Å². The molecule has 5 heteroatoms. The molecule has 0 radical (unpaired) electrons. The Balaban J connectivity index is 2.00. The van der Waals surface area contributed by atoms with Crippen LogP contribution < -0.4 is 4.74 Å². The highest BCUT2D eigenvalue weighted by atomic mass is 35.5. The number of aliphatic hydroxyl groups excluding tert-OH is 1. The van der Waals surface area contributed by atoms with Crippen LogP contribution in [0.3, 0.4) is 0 Å². The molecule has 1 aromatic carbocycles. The summed E-state index contributed by atoms with van der Waals surface area (Å²) in [4.78, 5) is 0.975. The van der Waals surface area contributed by atoms with Gasteiger partial charge in [-0.1, -0.05) is 23.4 Å². The Kier molecular flexibility index (Phi) is 4.80. The summed E-state index contributed by atoms with van der Waals surface area (Å²) in [6, 6.07) is 5.89. The third kappa shape index (κ3) is 3.97. The number of hydrogen-bond acceptors (Lipinski definition) is 3. The van der Waals surface area contributed by atoms with E-state index in [1.54, 1.807) is 0 Å². The van der Waals surface area contributed by atoms with Crippen LogP contribution in [0.2, 0.25) is 5.02 Å². The minimum Gasteiger partial charge on any atom is -0.487 e. The summed E-state index contributed by atoms with van der Waals surface area (Å²) in [7, 11) is 0. The van der Waals surface area contributed by atoms with Gasteiger partial charge in [0.05, 0.1) is 5.02 Å². The van der Waals surface area contributed by atoms with Crippen molar-refractivity contribution in [2.75, 3.05) is 6.61 Å². The van der Waals surface area contributed by atoms with Crippen molar-refractivity contribution in [3.63, 3.8) is 0 Å². The number of halogens is 2. The second-order valence-electron chi connectivity index (χ2n) is 3.63. The third-order valence-electron chi connectivity index (χ3n) is 2.23. The summed E-state index contributed by atoms with van der Waals surface area (Å²) < 4.78 is 18.4. The Labute approximate surface area is 119 Å². The number of aliphatic hydroxyl groups is 1. The maximum atomic E-state index is 12.9. The summed E-state index contributed by atoms with van der Waals surface area (Å²) in [5, 5.41) is 10.7. The minimum atomic E-state index is -0.393. The molecule has 1 N–H and O–H groups in total. The molecular formula is C14H10ClFO2S. The fraction of sp³-hybridized carbons (Fsp3) is 0.143. The third-order valence-corrected chi connectivity index (χ3v) is 3.44. The number of rotatable bonds is 3. The van der Waals surface area contributed by atoms with E-state index in [0.717, 1.165) is 10.4 Å². The van der Waals surface area contributed by atoms with E-state index in [0.29, 0.717) is 12.4 Å². The first-order chi connectivity index (χ1) is 9.19. The highest BCUT2D eigenvalue weighted by Crippen LogP contribution is 2.26. The molecule has 0 saturated heterocycles. The molecule has 1 heterocycles. The second-order valence-corrected chi connectivity index (χ2v) is 5.03. The fourth-order valence-electron chi connectivity index (χ4n) is 1.40. The van der Waals surface area contributed by atoms with Gasteiger partial charge in [0.15, 0.2) is 0 Å². The van der Waals surface area contributed by atoms with Gasteiger partial charge in [0.1, 0.15) is 24.8 Å². The van der Waals surface area contributed by atoms with E-state index in [9.17, 15) is 4.39 Å². The number of hydrogen-bond donors (Lipinski definition) is 1. The Morgan fingerprint density at radius 2 is 2.21 bits per heavy atom. The van der Waals surface area contributed by atoms with Crippen molar-refractivity contribution in [2.45, 2.75) is 6.61 Å². The zero-order valence-electron chi connectivity index (χ0n) is 9.82. The minimum absolute atomic E-state index is 0.160. The highest BCUT2D eigenvalue weighted by Gasteiger charge is 2.04. The van der Waals surface area contributed by atoms with Crippen molar-refractivity contribution < 1.29 is 14.2 Å². The lowest BCUT2D eigenvalue weighted by Crippen LogP contribution is -1.93. The van der Waals surface area contributed by atoms with Crippen LogP contribution >= 0.6 is 22.9 Å². The van der Waals surface area contributed by atoms with Crippen molar-refractivity contribution in [3.05, 3.63) is 50.9 Å². The van der Waals surface area contributed by atoms with Crippen molar-refractivity contribution in [1.82, 2.24) is 0 Å². The summed E-state index contributed by atoms with van der Waals surface area (Å²) in [5.41, 5.74) is 0.836. The molecule has 0 spiro atoms. The fourth-order valence-corrected chi connectivity index (χ4v) is 2.35. The highest BCUT2D eigenvalue weighted by molar-refractivity contribution is 7.10. The van der Waals surface area contributed by atoms with Crippen LogP contribution in [0.25, 0.3) is 0 Å². The van der Waals surface area contributed by atoms with Gasteiger partial charge >= 0.3 is 0 Å². The zero-order chi connectivity index (χ0) is 13.7. The van der Waals surface area contributed by atoms with E-state index >= 15 is 0 Å². The average molecular weight is 297 g/mol. The maximum Gasteiger partial charge on any atom is 0.138 e. The van der Waals surface area contributed by atoms with Crippen LogP contribution in [0, 0.1) is 17.7 Å². The molecule has 2 nitrogen and oxygen atoms in total. The molecule has 2 rings (SSSR count). The summed E-state index contributed by atoms with van der Waals surface area (Å²) in [6.45, 7) is 0.184. The lowest BCUT2D eigenvalue weighted by molar-refractivity contribution is 0.309. The van der Waals surface area contributed by atoms with E-state index in [1.807, 2.05) is 11.4 Å². The van der Waals surface area contributed by atoms with Gasteiger partial charge in [0.25, 0.3) is 0 Å². The average Bonchev–Trinajstić information content (AvgIpc) is 2.83. The van der Waals surface area contributed by atoms with E-state index < -0.39 is 5.82 Å². The van der Waals surface area contributed by atoms with E-state index in [4.69, 9.17) is 21.4 Å². The lowest BCUT2D eigenvalue weighted by Gasteiger charge is -2.06. The quantitative estimate of drug-likeness (QED) is 0.879. The lowest BCUT2D eigenvalue weighted by atomic mass is 10.3. The SMILES string of the molecule is OCC#Cc1csc(COc2ccc(F)cc2Cl)c1. The Morgan fingerprint density at radius 1 is 1.37 bits per heavy atom. The van der Waals surface area contributed by atoms with Crippen molar-refractivity contribution in [1.29, 1.82) is 0 Å². The first-order valence-electron chi connectivity index (χ1n) is 5.44. The van der Waals surface area contributed by atoms with Gasteiger partial charge in [-0.3, -0.25) is 0 Å². The molecule has 1 aromatic heterocycles. The van der Waals surface area contributed by atoms with Crippen molar-refractivity contribution in [2.24, 2.45) is 0 Å². The smallest absolute Gasteiger partial charge is 0.138 e. The largest absolute Gasteiger partial charge is 0.487 e. The first kappa shape index (κ1) is 13.9. The second kappa shape index (κ2) is 6.58. The number of benzene rings is 1. The van der Waals surface area contributed by atoms with Crippen LogP contribution in [0.4, 0.5) is 4.39 Å². The topological polar surface area (TPSA) is 29.5 Å². The summed E-state index contributed by atoms with van der Waals surface area (Å²) in [5.74, 6) is 5.44. The van der Waals surface area contributed by atoms with Gasteiger partial charge in [-0.15, -0.1) is 11.3 Å². The Morgan fingerprint density at radius 3 is 2.95 bits per heavy atom. The van der Waals surface area contributed by atoms with E-state index in [1.165, 1.54) is 29.5 Å². The maximum absolute atomic E-state index is 12.9. The first-order valence-corrected chi connectivity index (χ1v) is 6.70. The van der Waals surface area contributed by atoms with Crippen LogP contribution in [0.15, 0.2) is 29.6 Å². The molecule has 0 fully saturated rings. The summed E-state index contributed by atoms with van der Waals surface area (Å²) in [6.07, 6.45) is 0. The van der Waals surface area contributed by atoms with E-state index in [-0.39, 0.29) is 11.6 Å². The van der Waals surface area contributed by atoms with Gasteiger partial charge in [0.2, 0.25) is 0 Å². The predicted molar refractivity (Wildman–Crippen MR) is 74.0 cm³/mol. The molecule has 0 amide bonds. The molecule has 19 heavy (non-hydrogen) atoms. The Bertz CT molecular complexity index is 628. The molecule has 0 aliphatic carbocycles. The zero-order valence-corrected chi connectivity index (χ0v) is 11.4. The van der Waals surface area contributed by atoms with Crippen LogP contribution in [0.1, 0.15) is 10.4 Å². The van der Waals surface area contributed by atoms with Crippen LogP contribution in [-0.2, 0) is 6.61 Å². The van der Waals surface area contributed by atoms with Gasteiger partial charge < -0.3 is 9.84 Å².